The van der Waals surface area contributed by atoms with Gasteiger partial charge < -0.3 is 19.1 Å². The maximum Gasteiger partial charge on any atom is 0.314 e. The van der Waals surface area contributed by atoms with Gasteiger partial charge in [-0.3, -0.25) is 9.59 Å². The molecule has 2 atom stereocenters. The molecule has 36 heavy (non-hydrogen) atoms. The Labute approximate surface area is 212 Å². The van der Waals surface area contributed by atoms with Crippen LogP contribution in [0.4, 0.5) is 0 Å². The fourth-order valence-electron chi connectivity index (χ4n) is 7.00. The van der Waals surface area contributed by atoms with Crippen LogP contribution in [0.15, 0.2) is 18.2 Å². The molecule has 1 aromatic heterocycles. The smallest absolute Gasteiger partial charge is 0.314 e. The Morgan fingerprint density at radius 3 is 2.53 bits per heavy atom. The minimum Gasteiger partial charge on any atom is -0.497 e. The van der Waals surface area contributed by atoms with Crippen LogP contribution in [0, 0.1) is 5.41 Å². The number of nitrogens with zero attached hydrogens (tertiary/aromatic N) is 1. The van der Waals surface area contributed by atoms with Gasteiger partial charge in [0.15, 0.2) is 0 Å². The Hall–Kier alpha value is -3.02. The molecule has 0 radical (unpaired) electrons. The minimum absolute atomic E-state index is 0.0417. The first-order valence-electron chi connectivity index (χ1n) is 13.4. The van der Waals surface area contributed by atoms with E-state index in [1.165, 1.54) is 31.9 Å². The van der Waals surface area contributed by atoms with Gasteiger partial charge in [-0.1, -0.05) is 32.3 Å². The predicted molar refractivity (Wildman–Crippen MR) is 139 cm³/mol. The van der Waals surface area contributed by atoms with Crippen LogP contribution in [0.3, 0.4) is 0 Å². The molecular formula is C30H37NO5. The third-order valence-electron chi connectivity index (χ3n) is 8.74. The summed E-state index contributed by atoms with van der Waals surface area (Å²) >= 11 is 0. The Bertz CT molecular complexity index is 1300. The first-order chi connectivity index (χ1) is 17.4. The van der Waals surface area contributed by atoms with Crippen molar-refractivity contribution in [3.8, 4) is 17.0 Å². The second-order valence-corrected chi connectivity index (χ2v) is 10.6. The van der Waals surface area contributed by atoms with Crippen LogP contribution in [-0.2, 0) is 20.9 Å². The van der Waals surface area contributed by atoms with Gasteiger partial charge in [-0.2, -0.15) is 0 Å². The summed E-state index contributed by atoms with van der Waals surface area (Å²) in [6, 6.07) is 6.26. The van der Waals surface area contributed by atoms with Crippen molar-refractivity contribution in [1.82, 2.24) is 4.57 Å². The van der Waals surface area contributed by atoms with Gasteiger partial charge >= 0.3 is 11.9 Å². The molecule has 6 nitrogen and oxygen atoms in total. The number of esters is 1. The van der Waals surface area contributed by atoms with Gasteiger partial charge in [0, 0.05) is 23.4 Å². The van der Waals surface area contributed by atoms with Crippen LogP contribution < -0.4 is 15.3 Å². The van der Waals surface area contributed by atoms with E-state index in [0.29, 0.717) is 12.5 Å². The van der Waals surface area contributed by atoms with Crippen molar-refractivity contribution in [2.75, 3.05) is 14.2 Å². The molecule has 2 heterocycles. The predicted octanol–water partition coefficient (Wildman–Crippen LogP) is 4.71. The van der Waals surface area contributed by atoms with Gasteiger partial charge in [0.1, 0.15) is 5.75 Å². The normalized spacial score (nSPS) is 24.2. The first kappa shape index (κ1) is 24.7. The Kier molecular flexibility index (Phi) is 6.71. The topological polar surface area (TPSA) is 77.8 Å². The standard InChI is InChI=1S/C30H37NO5/c1-4-8-22-25(13-14-26(32)33)31-18-30(29(34)36-3)16-15-24(30)23-17-20(35-2)11-12-21(23)28(31)27(22)19-9-6-5-7-10-19/h8,11-13,17,19,24H,4-7,9-10,14-16,18H2,1-3H3,(H,32,33). The summed E-state index contributed by atoms with van der Waals surface area (Å²) in [6.07, 6.45) is 12.5. The van der Waals surface area contributed by atoms with Crippen LogP contribution in [-0.4, -0.2) is 35.8 Å². The number of methoxy groups -OCH3 is 2. The number of carboxylic acids is 1. The lowest BCUT2D eigenvalue weighted by molar-refractivity contribution is -0.162. The third-order valence-corrected chi connectivity index (χ3v) is 8.74. The zero-order chi connectivity index (χ0) is 25.4. The molecule has 2 fully saturated rings. The molecule has 192 valence electrons. The second kappa shape index (κ2) is 9.79. The largest absolute Gasteiger partial charge is 0.497 e. The number of carbonyl (C=O) groups excluding carboxylic acids is 1. The Balaban J connectivity index is 1.90. The highest BCUT2D eigenvalue weighted by Crippen LogP contribution is 2.59. The fourth-order valence-corrected chi connectivity index (χ4v) is 7.00. The van der Waals surface area contributed by atoms with E-state index in [9.17, 15) is 14.7 Å². The van der Waals surface area contributed by atoms with Crippen LogP contribution in [0.25, 0.3) is 23.4 Å². The van der Waals surface area contributed by atoms with E-state index >= 15 is 0 Å². The molecule has 1 N–H and O–H groups in total. The molecule has 0 bridgehead atoms. The van der Waals surface area contributed by atoms with Crippen molar-refractivity contribution in [3.63, 3.8) is 0 Å². The molecule has 1 aromatic carbocycles. The molecule has 0 saturated heterocycles. The lowest BCUT2D eigenvalue weighted by atomic mass is 9.57. The number of fused-ring (bicyclic) bond motifs is 5. The lowest BCUT2D eigenvalue weighted by Crippen LogP contribution is -2.50. The van der Waals surface area contributed by atoms with Crippen molar-refractivity contribution in [2.45, 2.75) is 83.1 Å². The molecule has 3 aliphatic rings. The molecule has 2 unspecified atom stereocenters. The summed E-state index contributed by atoms with van der Waals surface area (Å²) in [4.78, 5) is 25.1. The average molecular weight is 492 g/mol. The lowest BCUT2D eigenvalue weighted by Gasteiger charge is -2.46. The van der Waals surface area contributed by atoms with Crippen molar-refractivity contribution in [3.05, 3.63) is 39.9 Å². The fraction of sp³-hybridized carbons (Fsp3) is 0.533. The van der Waals surface area contributed by atoms with E-state index in [0.717, 1.165) is 65.2 Å². The average Bonchev–Trinajstić information content (AvgIpc) is 3.13. The Morgan fingerprint density at radius 2 is 1.92 bits per heavy atom. The summed E-state index contributed by atoms with van der Waals surface area (Å²) in [5, 5.41) is 11.7. The van der Waals surface area contributed by atoms with E-state index in [1.54, 1.807) is 7.11 Å². The summed E-state index contributed by atoms with van der Waals surface area (Å²) in [6.45, 7) is 2.63. The zero-order valence-corrected chi connectivity index (χ0v) is 21.6. The van der Waals surface area contributed by atoms with Gasteiger partial charge in [-0.25, -0.2) is 0 Å². The maximum atomic E-state index is 13.4. The summed E-state index contributed by atoms with van der Waals surface area (Å²) in [5.74, 6) is 0.218. The van der Waals surface area contributed by atoms with Gasteiger partial charge in [-0.05, 0) is 78.6 Å². The van der Waals surface area contributed by atoms with E-state index in [-0.39, 0.29) is 18.3 Å². The third kappa shape index (κ3) is 3.86. The Morgan fingerprint density at radius 1 is 1.14 bits per heavy atom. The minimum atomic E-state index is -0.852. The molecule has 2 saturated carbocycles. The summed E-state index contributed by atoms with van der Waals surface area (Å²) in [7, 11) is 3.15. The number of hydrogen-bond acceptors (Lipinski definition) is 4. The highest BCUT2D eigenvalue weighted by Gasteiger charge is 2.57. The highest BCUT2D eigenvalue weighted by atomic mass is 16.5. The molecule has 2 aliphatic carbocycles. The van der Waals surface area contributed by atoms with Gasteiger partial charge in [-0.15, -0.1) is 0 Å². The van der Waals surface area contributed by atoms with E-state index in [4.69, 9.17) is 9.47 Å². The van der Waals surface area contributed by atoms with E-state index in [1.807, 2.05) is 12.1 Å². The molecule has 5 rings (SSSR count). The summed E-state index contributed by atoms with van der Waals surface area (Å²) < 4.78 is 13.3. The van der Waals surface area contributed by atoms with Gasteiger partial charge in [0.2, 0.25) is 0 Å². The zero-order valence-electron chi connectivity index (χ0n) is 21.6. The molecule has 0 spiro atoms. The number of hydrogen-bond donors (Lipinski definition) is 1. The molecule has 2 aromatic rings. The van der Waals surface area contributed by atoms with Crippen LogP contribution in [0.5, 0.6) is 5.75 Å². The number of rotatable bonds is 6. The molecular weight excluding hydrogens is 454 g/mol. The second-order valence-electron chi connectivity index (χ2n) is 10.6. The van der Waals surface area contributed by atoms with Crippen molar-refractivity contribution in [1.29, 1.82) is 0 Å². The van der Waals surface area contributed by atoms with Crippen LogP contribution in [0.2, 0.25) is 0 Å². The number of ether oxygens (including phenoxy) is 2. The number of carbonyl (C=O) groups is 2. The van der Waals surface area contributed by atoms with Crippen molar-refractivity contribution in [2.24, 2.45) is 5.41 Å². The summed E-state index contributed by atoms with van der Waals surface area (Å²) in [5.41, 5.74) is 4.12. The van der Waals surface area contributed by atoms with Gasteiger partial charge in [0.25, 0.3) is 0 Å². The molecule has 0 amide bonds. The molecule has 1 aliphatic heterocycles. The van der Waals surface area contributed by atoms with Crippen LogP contribution >= 0.6 is 0 Å². The van der Waals surface area contributed by atoms with E-state index in [2.05, 4.69) is 29.7 Å². The van der Waals surface area contributed by atoms with Crippen LogP contribution in [0.1, 0.15) is 87.7 Å². The monoisotopic (exact) mass is 491 g/mol. The molecule has 6 heteroatoms. The van der Waals surface area contributed by atoms with E-state index < -0.39 is 11.4 Å². The number of carboxylic acid groups (broad SMARTS) is 1. The highest BCUT2D eigenvalue weighted by molar-refractivity contribution is 5.83. The quantitative estimate of drug-likeness (QED) is 0.593. The number of aromatic nitrogens is 1. The maximum absolute atomic E-state index is 13.4. The number of aliphatic carboxylic acids is 1. The van der Waals surface area contributed by atoms with Crippen molar-refractivity contribution >= 4 is 24.1 Å². The number of benzene rings is 1. The SMILES string of the molecule is CCC=c1c(C2CCCCC2)c2n(c1=CCC(=O)O)CC1(C(=O)OC)CCC1c1cc(OC)ccc1-2. The first-order valence-corrected chi connectivity index (χ1v) is 13.4. The van der Waals surface area contributed by atoms with Gasteiger partial charge in [0.05, 0.1) is 31.7 Å². The van der Waals surface area contributed by atoms with Crippen molar-refractivity contribution < 1.29 is 24.2 Å².